The fraction of sp³-hybridized carbons (Fsp3) is 0.333. The third-order valence-corrected chi connectivity index (χ3v) is 7.54. The van der Waals surface area contributed by atoms with Crippen LogP contribution in [0.5, 0.6) is 0 Å². The van der Waals surface area contributed by atoms with Crippen molar-refractivity contribution in [3.8, 4) is 0 Å². The van der Waals surface area contributed by atoms with E-state index >= 15 is 0 Å². The molecule has 29 heavy (non-hydrogen) atoms. The number of likely N-dealkylation sites (tertiary alicyclic amines) is 1. The molecule has 1 fully saturated rings. The number of thioether (sulfide) groups is 1. The van der Waals surface area contributed by atoms with E-state index in [4.69, 9.17) is 17.3 Å². The molecule has 0 unspecified atom stereocenters. The molecule has 1 amide bonds. The second-order valence-electron chi connectivity index (χ2n) is 7.21. The highest BCUT2D eigenvalue weighted by Crippen LogP contribution is 2.29. The van der Waals surface area contributed by atoms with E-state index in [1.165, 1.54) is 17.3 Å². The number of nitrogens with zero attached hydrogens (tertiary/aromatic N) is 2. The van der Waals surface area contributed by atoms with Crippen LogP contribution in [0.2, 0.25) is 5.02 Å². The van der Waals surface area contributed by atoms with Crippen LogP contribution >= 0.6 is 34.7 Å². The fourth-order valence-electron chi connectivity index (χ4n) is 3.49. The molecule has 0 bridgehead atoms. The monoisotopic (exact) mass is 446 g/mol. The van der Waals surface area contributed by atoms with E-state index in [2.05, 4.69) is 21.3 Å². The first kappa shape index (κ1) is 20.5. The maximum absolute atomic E-state index is 12.3. The highest BCUT2D eigenvalue weighted by atomic mass is 35.5. The van der Waals surface area contributed by atoms with E-state index in [0.29, 0.717) is 16.5 Å². The summed E-state index contributed by atoms with van der Waals surface area (Å²) in [5, 5.41) is 3.77. The van der Waals surface area contributed by atoms with E-state index in [-0.39, 0.29) is 11.9 Å². The number of thiazole rings is 1. The van der Waals surface area contributed by atoms with Crippen molar-refractivity contribution in [2.24, 2.45) is 0 Å². The lowest BCUT2D eigenvalue weighted by atomic mass is 10.0. The van der Waals surface area contributed by atoms with Gasteiger partial charge in [0.05, 0.1) is 26.7 Å². The number of halogens is 1. The number of hydrogen-bond donors (Lipinski definition) is 2. The molecular weight excluding hydrogens is 424 g/mol. The van der Waals surface area contributed by atoms with Crippen LogP contribution in [0.1, 0.15) is 18.4 Å². The third kappa shape index (κ3) is 5.42. The van der Waals surface area contributed by atoms with Crippen molar-refractivity contribution in [3.63, 3.8) is 0 Å². The first-order valence-corrected chi connectivity index (χ1v) is 11.8. The number of anilines is 1. The van der Waals surface area contributed by atoms with Gasteiger partial charge in [-0.15, -0.1) is 11.3 Å². The van der Waals surface area contributed by atoms with Gasteiger partial charge >= 0.3 is 0 Å². The summed E-state index contributed by atoms with van der Waals surface area (Å²) in [6, 6.07) is 14.1. The lowest BCUT2D eigenvalue weighted by molar-refractivity contribution is -0.119. The zero-order chi connectivity index (χ0) is 20.2. The summed E-state index contributed by atoms with van der Waals surface area (Å²) < 4.78 is 2.10. The van der Waals surface area contributed by atoms with Crippen molar-refractivity contribution in [1.29, 1.82) is 0 Å². The Morgan fingerprint density at radius 1 is 1.28 bits per heavy atom. The maximum atomic E-state index is 12.3. The Morgan fingerprint density at radius 2 is 2.07 bits per heavy atom. The molecule has 0 spiro atoms. The average Bonchev–Trinajstić information content (AvgIpc) is 3.14. The number of nitrogens with one attached hydrogen (secondary N) is 1. The van der Waals surface area contributed by atoms with Crippen LogP contribution < -0.4 is 11.1 Å². The van der Waals surface area contributed by atoms with Gasteiger partial charge in [-0.2, -0.15) is 0 Å². The van der Waals surface area contributed by atoms with Crippen molar-refractivity contribution >= 4 is 56.5 Å². The Balaban J connectivity index is 1.20. The number of amides is 1. The van der Waals surface area contributed by atoms with Gasteiger partial charge in [0.2, 0.25) is 5.91 Å². The standard InChI is InChI=1S/C21H23ClN4OS2/c22-16-6-5-14(11-17(16)23)12-26-9-7-15(8-10-26)24-20(27)13-28-21-25-18-3-1-2-4-19(18)29-21/h1-6,11,15H,7-10,12-13,23H2,(H,24,27). The van der Waals surface area contributed by atoms with E-state index in [0.717, 1.165) is 47.0 Å². The van der Waals surface area contributed by atoms with Gasteiger partial charge in [0, 0.05) is 25.7 Å². The van der Waals surface area contributed by atoms with E-state index in [1.54, 1.807) is 11.3 Å². The zero-order valence-electron chi connectivity index (χ0n) is 15.9. The smallest absolute Gasteiger partial charge is 0.230 e. The lowest BCUT2D eigenvalue weighted by Gasteiger charge is -2.32. The second-order valence-corrected chi connectivity index (χ2v) is 9.87. The predicted octanol–water partition coefficient (Wildman–Crippen LogP) is 4.40. The SMILES string of the molecule is Nc1cc(CN2CCC(NC(=O)CSc3nc4ccccc4s3)CC2)ccc1Cl. The Bertz CT molecular complexity index is 968. The van der Waals surface area contributed by atoms with Crippen LogP contribution in [0.4, 0.5) is 5.69 Å². The molecule has 4 rings (SSSR count). The molecule has 5 nitrogen and oxygen atoms in total. The van der Waals surface area contributed by atoms with E-state index < -0.39 is 0 Å². The maximum Gasteiger partial charge on any atom is 0.230 e. The van der Waals surface area contributed by atoms with Gasteiger partial charge < -0.3 is 11.1 Å². The van der Waals surface area contributed by atoms with Gasteiger partial charge in [0.1, 0.15) is 0 Å². The van der Waals surface area contributed by atoms with Gasteiger partial charge in [-0.25, -0.2) is 4.98 Å². The molecule has 1 aliphatic rings. The number of rotatable bonds is 6. The number of carbonyl (C=O) groups excluding carboxylic acids is 1. The van der Waals surface area contributed by atoms with Crippen molar-refractivity contribution < 1.29 is 4.79 Å². The second kappa shape index (κ2) is 9.34. The molecule has 2 aromatic carbocycles. The van der Waals surface area contributed by atoms with Crippen LogP contribution in [-0.2, 0) is 11.3 Å². The summed E-state index contributed by atoms with van der Waals surface area (Å²) in [5.41, 5.74) is 8.68. The molecular formula is C21H23ClN4OS2. The topological polar surface area (TPSA) is 71.2 Å². The summed E-state index contributed by atoms with van der Waals surface area (Å²) in [7, 11) is 0. The number of para-hydroxylation sites is 1. The Labute approximate surface area is 183 Å². The minimum atomic E-state index is 0.0816. The molecule has 1 aliphatic heterocycles. The van der Waals surface area contributed by atoms with Crippen LogP contribution in [0.25, 0.3) is 10.2 Å². The summed E-state index contributed by atoms with van der Waals surface area (Å²) in [6.45, 7) is 2.77. The molecule has 0 aliphatic carbocycles. The van der Waals surface area contributed by atoms with Gasteiger partial charge in [0.15, 0.2) is 4.34 Å². The molecule has 1 aromatic heterocycles. The first-order chi connectivity index (χ1) is 14.1. The summed E-state index contributed by atoms with van der Waals surface area (Å²) in [4.78, 5) is 19.3. The molecule has 2 heterocycles. The summed E-state index contributed by atoms with van der Waals surface area (Å²) >= 11 is 9.14. The van der Waals surface area contributed by atoms with Gasteiger partial charge in [-0.1, -0.05) is 41.6 Å². The first-order valence-electron chi connectivity index (χ1n) is 9.61. The Kier molecular flexibility index (Phi) is 6.60. The van der Waals surface area contributed by atoms with Gasteiger partial charge in [0.25, 0.3) is 0 Å². The minimum Gasteiger partial charge on any atom is -0.398 e. The van der Waals surface area contributed by atoms with Gasteiger partial charge in [-0.05, 0) is 42.7 Å². The fourth-order valence-corrected chi connectivity index (χ4v) is 5.49. The largest absolute Gasteiger partial charge is 0.398 e. The number of nitrogen functional groups attached to an aromatic ring is 1. The van der Waals surface area contributed by atoms with Crippen LogP contribution in [-0.4, -0.2) is 40.7 Å². The number of aromatic nitrogens is 1. The van der Waals surface area contributed by atoms with E-state index in [9.17, 15) is 4.79 Å². The number of piperidine rings is 1. The highest BCUT2D eigenvalue weighted by Gasteiger charge is 2.21. The lowest BCUT2D eigenvalue weighted by Crippen LogP contribution is -2.44. The molecule has 152 valence electrons. The molecule has 0 atom stereocenters. The predicted molar refractivity (Wildman–Crippen MR) is 123 cm³/mol. The molecule has 0 radical (unpaired) electrons. The van der Waals surface area contributed by atoms with Crippen molar-refractivity contribution in [1.82, 2.24) is 15.2 Å². The zero-order valence-corrected chi connectivity index (χ0v) is 18.3. The van der Waals surface area contributed by atoms with Crippen LogP contribution in [0.15, 0.2) is 46.8 Å². The summed E-state index contributed by atoms with van der Waals surface area (Å²) in [5.74, 6) is 0.488. The number of hydrogen-bond acceptors (Lipinski definition) is 6. The van der Waals surface area contributed by atoms with Gasteiger partial charge in [-0.3, -0.25) is 9.69 Å². The van der Waals surface area contributed by atoms with Crippen LogP contribution in [0.3, 0.4) is 0 Å². The number of benzene rings is 2. The number of nitrogens with two attached hydrogens (primary N) is 1. The number of carbonyl (C=O) groups is 1. The van der Waals surface area contributed by atoms with E-state index in [1.807, 2.05) is 36.4 Å². The van der Waals surface area contributed by atoms with Crippen molar-refractivity contribution in [2.45, 2.75) is 29.8 Å². The molecule has 3 N–H and O–H groups in total. The third-order valence-electron chi connectivity index (χ3n) is 5.02. The Hall–Kier alpha value is -1.80. The quantitative estimate of drug-likeness (QED) is 0.433. The molecule has 8 heteroatoms. The van der Waals surface area contributed by atoms with Crippen molar-refractivity contribution in [3.05, 3.63) is 53.1 Å². The number of fused-ring (bicyclic) bond motifs is 1. The normalized spacial score (nSPS) is 15.6. The minimum absolute atomic E-state index is 0.0816. The molecule has 0 saturated carbocycles. The molecule has 3 aromatic rings. The van der Waals surface area contributed by atoms with Crippen molar-refractivity contribution in [2.75, 3.05) is 24.6 Å². The Morgan fingerprint density at radius 3 is 2.83 bits per heavy atom. The molecule has 1 saturated heterocycles. The highest BCUT2D eigenvalue weighted by molar-refractivity contribution is 8.01. The average molecular weight is 447 g/mol. The van der Waals surface area contributed by atoms with Crippen LogP contribution in [0, 0.1) is 0 Å². The summed E-state index contributed by atoms with van der Waals surface area (Å²) in [6.07, 6.45) is 1.92.